The van der Waals surface area contributed by atoms with Gasteiger partial charge in [0.15, 0.2) is 0 Å². The van der Waals surface area contributed by atoms with Crippen molar-refractivity contribution in [1.29, 1.82) is 0 Å². The van der Waals surface area contributed by atoms with Crippen LogP contribution in [0.2, 0.25) is 0 Å². The first kappa shape index (κ1) is 41.3. The standard InChI is InChI=1S/C52H60O2S3/c1-11-13-15-17-25-53-42-22-19-39-27-31(3)28-45(44(39)30-42)47-43-23-20-41(29-40(43)21-24-46(47)54-26-18-16-14-12-2)48-34(6)35(7)51(56-48)52-37(9)36(8)50(57-52)49-33(5)32(4)38(10)55-49/h19-24,27-30H,11-18,25-26H2,1-10H3. The number of benzene rings is 4. The predicted molar refractivity (Wildman–Crippen MR) is 254 cm³/mol. The van der Waals surface area contributed by atoms with E-state index in [4.69, 9.17) is 9.47 Å². The highest BCUT2D eigenvalue weighted by Gasteiger charge is 2.24. The minimum Gasteiger partial charge on any atom is -0.494 e. The van der Waals surface area contributed by atoms with Gasteiger partial charge in [-0.3, -0.25) is 0 Å². The summed E-state index contributed by atoms with van der Waals surface area (Å²) in [5.74, 6) is 1.90. The van der Waals surface area contributed by atoms with Crippen LogP contribution in [0.5, 0.6) is 11.5 Å². The van der Waals surface area contributed by atoms with Crippen LogP contribution in [-0.2, 0) is 0 Å². The fourth-order valence-corrected chi connectivity index (χ4v) is 12.4. The van der Waals surface area contributed by atoms with Gasteiger partial charge in [-0.25, -0.2) is 0 Å². The number of hydrogen-bond donors (Lipinski definition) is 0. The highest BCUT2D eigenvalue weighted by Crippen LogP contribution is 2.51. The number of unbranched alkanes of at least 4 members (excludes halogenated alkanes) is 6. The summed E-state index contributed by atoms with van der Waals surface area (Å²) >= 11 is 5.89. The molecule has 0 N–H and O–H groups in total. The Morgan fingerprint density at radius 3 is 1.65 bits per heavy atom. The maximum absolute atomic E-state index is 6.71. The van der Waals surface area contributed by atoms with Crippen molar-refractivity contribution < 1.29 is 9.47 Å². The van der Waals surface area contributed by atoms with Crippen molar-refractivity contribution in [2.45, 2.75) is 121 Å². The third-order valence-corrected chi connectivity index (χ3v) is 16.6. The molecule has 0 bridgehead atoms. The van der Waals surface area contributed by atoms with E-state index in [1.807, 2.05) is 34.0 Å². The van der Waals surface area contributed by atoms with E-state index in [-0.39, 0.29) is 0 Å². The number of aryl methyl sites for hydroxylation is 2. The Labute approximate surface area is 353 Å². The number of rotatable bonds is 16. The molecule has 0 saturated carbocycles. The van der Waals surface area contributed by atoms with E-state index >= 15 is 0 Å². The fraction of sp³-hybridized carbons (Fsp3) is 0.385. The van der Waals surface area contributed by atoms with Crippen LogP contribution in [0.4, 0.5) is 0 Å². The van der Waals surface area contributed by atoms with Gasteiger partial charge in [0.2, 0.25) is 0 Å². The third kappa shape index (κ3) is 8.36. The number of fused-ring (bicyclic) bond motifs is 2. The zero-order chi connectivity index (χ0) is 40.4. The number of hydrogen-bond acceptors (Lipinski definition) is 5. The van der Waals surface area contributed by atoms with E-state index < -0.39 is 0 Å². The fourth-order valence-electron chi connectivity index (χ4n) is 8.14. The summed E-state index contributed by atoms with van der Waals surface area (Å²) in [5, 5.41) is 4.89. The molecule has 0 fully saturated rings. The molecule has 4 aromatic carbocycles. The summed E-state index contributed by atoms with van der Waals surface area (Å²) in [6, 6.07) is 22.9. The van der Waals surface area contributed by atoms with Crippen LogP contribution < -0.4 is 9.47 Å². The van der Waals surface area contributed by atoms with Gasteiger partial charge in [-0.15, -0.1) is 34.0 Å². The van der Waals surface area contributed by atoms with Crippen molar-refractivity contribution in [2.24, 2.45) is 0 Å². The summed E-state index contributed by atoms with van der Waals surface area (Å²) in [6.07, 6.45) is 9.49. The summed E-state index contributed by atoms with van der Waals surface area (Å²) in [4.78, 5) is 8.48. The molecule has 0 aliphatic heterocycles. The van der Waals surface area contributed by atoms with Crippen LogP contribution in [0.25, 0.3) is 62.6 Å². The Balaban J connectivity index is 1.31. The Morgan fingerprint density at radius 2 is 1.02 bits per heavy atom. The van der Waals surface area contributed by atoms with Gasteiger partial charge in [-0.05, 0) is 164 Å². The zero-order valence-electron chi connectivity index (χ0n) is 35.9. The average molecular weight is 813 g/mol. The SMILES string of the molecule is CCCCCCOc1ccc2cc(C)cc(-c3c(OCCCCCC)ccc4cc(-c5sc(-c6sc(-c7sc(C)c(C)c7C)c(C)c6C)c(C)c5C)ccc34)c2c1. The molecule has 0 aliphatic carbocycles. The molecule has 2 nitrogen and oxygen atoms in total. The molecule has 0 saturated heterocycles. The smallest absolute Gasteiger partial charge is 0.127 e. The van der Waals surface area contributed by atoms with Gasteiger partial charge in [-0.1, -0.05) is 88.8 Å². The van der Waals surface area contributed by atoms with Gasteiger partial charge in [0.1, 0.15) is 11.5 Å². The molecule has 57 heavy (non-hydrogen) atoms. The molecule has 5 heteroatoms. The molecule has 7 aromatic rings. The molecule has 0 aliphatic rings. The van der Waals surface area contributed by atoms with Crippen LogP contribution in [0.15, 0.2) is 60.7 Å². The Bertz CT molecular complexity index is 2540. The topological polar surface area (TPSA) is 18.5 Å². The normalized spacial score (nSPS) is 11.7. The van der Waals surface area contributed by atoms with E-state index in [9.17, 15) is 0 Å². The van der Waals surface area contributed by atoms with Crippen LogP contribution in [0.3, 0.4) is 0 Å². The van der Waals surface area contributed by atoms with Crippen LogP contribution in [-0.4, -0.2) is 13.2 Å². The quantitative estimate of drug-likeness (QED) is 0.0905. The maximum Gasteiger partial charge on any atom is 0.127 e. The minimum absolute atomic E-state index is 0.720. The first-order valence-corrected chi connectivity index (χ1v) is 23.6. The summed E-state index contributed by atoms with van der Waals surface area (Å²) in [5.41, 5.74) is 13.4. The largest absolute Gasteiger partial charge is 0.494 e. The Kier molecular flexibility index (Phi) is 13.0. The lowest BCUT2D eigenvalue weighted by Gasteiger charge is -2.18. The molecular formula is C52H60O2S3. The number of thiophene rings is 3. The van der Waals surface area contributed by atoms with E-state index in [2.05, 4.69) is 130 Å². The van der Waals surface area contributed by atoms with Crippen LogP contribution in [0.1, 0.15) is 109 Å². The maximum atomic E-state index is 6.71. The van der Waals surface area contributed by atoms with Crippen molar-refractivity contribution in [3.63, 3.8) is 0 Å². The van der Waals surface area contributed by atoms with Crippen molar-refractivity contribution in [3.05, 3.63) is 104 Å². The van der Waals surface area contributed by atoms with Gasteiger partial charge in [-0.2, -0.15) is 0 Å². The van der Waals surface area contributed by atoms with Crippen molar-refractivity contribution in [1.82, 2.24) is 0 Å². The average Bonchev–Trinajstić information content (AvgIpc) is 3.77. The minimum atomic E-state index is 0.720. The molecule has 0 unspecified atom stereocenters. The highest BCUT2D eigenvalue weighted by atomic mass is 32.1. The molecule has 0 atom stereocenters. The van der Waals surface area contributed by atoms with Gasteiger partial charge >= 0.3 is 0 Å². The van der Waals surface area contributed by atoms with E-state index in [0.29, 0.717) is 0 Å². The van der Waals surface area contributed by atoms with Crippen molar-refractivity contribution >= 4 is 55.6 Å². The van der Waals surface area contributed by atoms with Crippen molar-refractivity contribution in [3.8, 4) is 52.6 Å². The first-order chi connectivity index (χ1) is 27.5. The third-order valence-electron chi connectivity index (χ3n) is 12.1. The van der Waals surface area contributed by atoms with Crippen LogP contribution >= 0.6 is 34.0 Å². The second-order valence-corrected chi connectivity index (χ2v) is 19.4. The zero-order valence-corrected chi connectivity index (χ0v) is 38.3. The Hall–Kier alpha value is -3.90. The van der Waals surface area contributed by atoms with Gasteiger partial charge in [0.05, 0.1) is 13.2 Å². The molecule has 3 heterocycles. The summed E-state index contributed by atoms with van der Waals surface area (Å²) < 4.78 is 13.1. The second kappa shape index (κ2) is 17.9. The molecule has 7 rings (SSSR count). The lowest BCUT2D eigenvalue weighted by atomic mass is 9.90. The molecule has 298 valence electrons. The molecular weight excluding hydrogens is 753 g/mol. The molecule has 3 aromatic heterocycles. The highest BCUT2D eigenvalue weighted by molar-refractivity contribution is 7.27. The monoisotopic (exact) mass is 812 g/mol. The number of ether oxygens (including phenoxy) is 2. The van der Waals surface area contributed by atoms with Crippen molar-refractivity contribution in [2.75, 3.05) is 13.2 Å². The lowest BCUT2D eigenvalue weighted by Crippen LogP contribution is -2.00. The van der Waals surface area contributed by atoms with Gasteiger partial charge in [0.25, 0.3) is 0 Å². The van der Waals surface area contributed by atoms with Gasteiger partial charge in [0, 0.05) is 34.8 Å². The Morgan fingerprint density at radius 1 is 0.456 bits per heavy atom. The van der Waals surface area contributed by atoms with E-state index in [0.717, 1.165) is 37.6 Å². The molecule has 0 amide bonds. The second-order valence-electron chi connectivity index (χ2n) is 16.1. The molecule has 0 radical (unpaired) electrons. The summed E-state index contributed by atoms with van der Waals surface area (Å²) in [7, 11) is 0. The van der Waals surface area contributed by atoms with E-state index in [1.165, 1.54) is 145 Å². The summed E-state index contributed by atoms with van der Waals surface area (Å²) in [6.45, 7) is 24.3. The first-order valence-electron chi connectivity index (χ1n) is 21.2. The predicted octanol–water partition coefficient (Wildman–Crippen LogP) is 17.2. The van der Waals surface area contributed by atoms with E-state index in [1.54, 1.807) is 0 Å². The van der Waals surface area contributed by atoms with Gasteiger partial charge < -0.3 is 9.47 Å². The lowest BCUT2D eigenvalue weighted by molar-refractivity contribution is 0.305. The van der Waals surface area contributed by atoms with Crippen LogP contribution in [0, 0.1) is 55.4 Å². The molecule has 0 spiro atoms.